The van der Waals surface area contributed by atoms with E-state index in [1.165, 1.54) is 25.7 Å². The van der Waals surface area contributed by atoms with Crippen molar-refractivity contribution >= 4 is 11.6 Å². The molecule has 0 aromatic rings. The Morgan fingerprint density at radius 1 is 1.54 bits per heavy atom. The topological polar surface area (TPSA) is 9.23 Å². The van der Waals surface area contributed by atoms with Gasteiger partial charge < -0.3 is 4.74 Å². The van der Waals surface area contributed by atoms with Crippen LogP contribution in [0.25, 0.3) is 0 Å². The Labute approximate surface area is 86.8 Å². The summed E-state index contributed by atoms with van der Waals surface area (Å²) in [4.78, 5) is 0. The second-order valence-electron chi connectivity index (χ2n) is 4.53. The van der Waals surface area contributed by atoms with Gasteiger partial charge in [0.1, 0.15) is 0 Å². The number of hydrogen-bond acceptors (Lipinski definition) is 1. The van der Waals surface area contributed by atoms with Crippen molar-refractivity contribution in [3.8, 4) is 0 Å². The van der Waals surface area contributed by atoms with Gasteiger partial charge in [0.2, 0.25) is 0 Å². The fourth-order valence-electron chi connectivity index (χ4n) is 2.18. The Bertz CT molecular complexity index is 143. The summed E-state index contributed by atoms with van der Waals surface area (Å²) in [5.41, 5.74) is 0.297. The first-order valence-corrected chi connectivity index (χ1v) is 5.91. The summed E-state index contributed by atoms with van der Waals surface area (Å²) < 4.78 is 5.64. The summed E-state index contributed by atoms with van der Waals surface area (Å²) in [5, 5.41) is 0. The minimum absolute atomic E-state index is 0.297. The molecule has 13 heavy (non-hydrogen) atoms. The highest BCUT2D eigenvalue weighted by atomic mass is 35.5. The lowest BCUT2D eigenvalue weighted by Crippen LogP contribution is -2.25. The van der Waals surface area contributed by atoms with Crippen molar-refractivity contribution in [1.29, 1.82) is 0 Å². The summed E-state index contributed by atoms with van der Waals surface area (Å²) in [5.74, 6) is 0.765. The van der Waals surface area contributed by atoms with Crippen LogP contribution in [0.15, 0.2) is 0 Å². The zero-order valence-electron chi connectivity index (χ0n) is 8.81. The zero-order chi connectivity index (χ0) is 9.73. The van der Waals surface area contributed by atoms with Gasteiger partial charge in [0.05, 0.1) is 6.10 Å². The van der Waals surface area contributed by atoms with E-state index in [-0.39, 0.29) is 0 Å². The molecule has 0 N–H and O–H groups in total. The Kier molecular flexibility index (Phi) is 4.54. The van der Waals surface area contributed by atoms with Crippen molar-refractivity contribution in [2.45, 2.75) is 52.1 Å². The molecule has 0 aromatic carbocycles. The summed E-state index contributed by atoms with van der Waals surface area (Å²) in [6.45, 7) is 5.46. The largest absolute Gasteiger partial charge is 0.378 e. The molecule has 2 heteroatoms. The smallest absolute Gasteiger partial charge is 0.0581 e. The van der Waals surface area contributed by atoms with E-state index in [0.29, 0.717) is 11.5 Å². The quantitative estimate of drug-likeness (QED) is 0.622. The van der Waals surface area contributed by atoms with Gasteiger partial charge in [-0.1, -0.05) is 20.3 Å². The minimum Gasteiger partial charge on any atom is -0.378 e. The lowest BCUT2D eigenvalue weighted by molar-refractivity contribution is 0.0697. The summed E-state index contributed by atoms with van der Waals surface area (Å²) in [7, 11) is 0. The molecule has 1 saturated heterocycles. The highest BCUT2D eigenvalue weighted by Gasteiger charge is 2.28. The van der Waals surface area contributed by atoms with E-state index in [2.05, 4.69) is 13.8 Å². The molecule has 1 rings (SSSR count). The number of hydrogen-bond donors (Lipinski definition) is 0. The molecule has 78 valence electrons. The summed E-state index contributed by atoms with van der Waals surface area (Å²) >= 11 is 6.01. The van der Waals surface area contributed by atoms with E-state index in [9.17, 15) is 0 Å². The Morgan fingerprint density at radius 3 is 2.77 bits per heavy atom. The number of halogens is 1. The molecule has 1 fully saturated rings. The van der Waals surface area contributed by atoms with Crippen LogP contribution in [0, 0.1) is 5.41 Å². The second-order valence-corrected chi connectivity index (χ2v) is 4.80. The predicted octanol–water partition coefficient (Wildman–Crippen LogP) is 3.60. The number of rotatable bonds is 5. The van der Waals surface area contributed by atoms with Crippen LogP contribution in [0.1, 0.15) is 46.0 Å². The molecule has 0 saturated carbocycles. The number of alkyl halides is 1. The first-order valence-electron chi connectivity index (χ1n) is 5.38. The van der Waals surface area contributed by atoms with E-state index in [1.807, 2.05) is 0 Å². The molecule has 2 unspecified atom stereocenters. The van der Waals surface area contributed by atoms with Gasteiger partial charge in [-0.2, -0.15) is 0 Å². The second kappa shape index (κ2) is 5.21. The molecule has 1 aliphatic rings. The first-order chi connectivity index (χ1) is 6.20. The van der Waals surface area contributed by atoms with Crippen LogP contribution in [-0.4, -0.2) is 18.6 Å². The van der Waals surface area contributed by atoms with Gasteiger partial charge in [0.15, 0.2) is 0 Å². The van der Waals surface area contributed by atoms with Gasteiger partial charge in [-0.3, -0.25) is 0 Å². The first kappa shape index (κ1) is 11.3. The van der Waals surface area contributed by atoms with E-state index in [4.69, 9.17) is 16.3 Å². The van der Waals surface area contributed by atoms with Crippen LogP contribution in [-0.2, 0) is 4.74 Å². The van der Waals surface area contributed by atoms with E-state index in [0.717, 1.165) is 18.9 Å². The third kappa shape index (κ3) is 3.47. The Balaban J connectivity index is 2.36. The van der Waals surface area contributed by atoms with Crippen LogP contribution in [0.5, 0.6) is 0 Å². The van der Waals surface area contributed by atoms with Gasteiger partial charge in [-0.15, -0.1) is 11.6 Å². The van der Waals surface area contributed by atoms with E-state index < -0.39 is 0 Å². The van der Waals surface area contributed by atoms with Crippen molar-refractivity contribution in [1.82, 2.24) is 0 Å². The monoisotopic (exact) mass is 204 g/mol. The highest BCUT2D eigenvalue weighted by Crippen LogP contribution is 2.34. The molecular weight excluding hydrogens is 184 g/mol. The molecule has 0 aromatic heterocycles. The molecule has 1 heterocycles. The maximum absolute atomic E-state index is 6.01. The van der Waals surface area contributed by atoms with Crippen LogP contribution in [0.2, 0.25) is 0 Å². The summed E-state index contributed by atoms with van der Waals surface area (Å²) in [6.07, 6.45) is 6.53. The zero-order valence-corrected chi connectivity index (χ0v) is 9.57. The van der Waals surface area contributed by atoms with Crippen LogP contribution < -0.4 is 0 Å². The van der Waals surface area contributed by atoms with Gasteiger partial charge in [-0.05, 0) is 31.1 Å². The van der Waals surface area contributed by atoms with Crippen molar-refractivity contribution in [3.63, 3.8) is 0 Å². The maximum Gasteiger partial charge on any atom is 0.0581 e. The molecule has 0 spiro atoms. The normalized spacial score (nSPS) is 27.5. The molecule has 0 aliphatic carbocycles. The fourth-order valence-corrected chi connectivity index (χ4v) is 2.42. The van der Waals surface area contributed by atoms with Crippen molar-refractivity contribution in [3.05, 3.63) is 0 Å². The average Bonchev–Trinajstić information content (AvgIpc) is 2.57. The van der Waals surface area contributed by atoms with Gasteiger partial charge >= 0.3 is 0 Å². The minimum atomic E-state index is 0.297. The van der Waals surface area contributed by atoms with E-state index in [1.54, 1.807) is 0 Å². The van der Waals surface area contributed by atoms with Crippen LogP contribution >= 0.6 is 11.6 Å². The van der Waals surface area contributed by atoms with Gasteiger partial charge in [0, 0.05) is 12.5 Å². The van der Waals surface area contributed by atoms with Gasteiger partial charge in [-0.25, -0.2) is 0 Å². The van der Waals surface area contributed by atoms with Crippen molar-refractivity contribution in [2.75, 3.05) is 12.5 Å². The predicted molar refractivity (Wildman–Crippen MR) is 57.3 cm³/mol. The van der Waals surface area contributed by atoms with Gasteiger partial charge in [0.25, 0.3) is 0 Å². The van der Waals surface area contributed by atoms with E-state index >= 15 is 0 Å². The highest BCUT2D eigenvalue weighted by molar-refractivity contribution is 6.18. The third-order valence-electron chi connectivity index (χ3n) is 2.92. The van der Waals surface area contributed by atoms with Crippen LogP contribution in [0.4, 0.5) is 0 Å². The molecule has 1 aliphatic heterocycles. The standard InChI is InChI=1S/C11H21ClO/c1-3-6-11(2,9-12)8-10-5-4-7-13-10/h10H,3-9H2,1-2H3. The fraction of sp³-hybridized carbons (Fsp3) is 1.00. The SMILES string of the molecule is CCCC(C)(CCl)CC1CCCO1. The molecule has 0 amide bonds. The lowest BCUT2D eigenvalue weighted by atomic mass is 9.82. The average molecular weight is 205 g/mol. The number of ether oxygens (including phenoxy) is 1. The lowest BCUT2D eigenvalue weighted by Gasteiger charge is -2.29. The van der Waals surface area contributed by atoms with Crippen molar-refractivity contribution < 1.29 is 4.74 Å². The molecule has 2 atom stereocenters. The Morgan fingerprint density at radius 2 is 2.31 bits per heavy atom. The molecular formula is C11H21ClO. The summed E-state index contributed by atoms with van der Waals surface area (Å²) in [6, 6.07) is 0. The van der Waals surface area contributed by atoms with Crippen LogP contribution in [0.3, 0.4) is 0 Å². The Hall–Kier alpha value is 0.250. The maximum atomic E-state index is 6.01. The van der Waals surface area contributed by atoms with Crippen molar-refractivity contribution in [2.24, 2.45) is 5.41 Å². The molecule has 1 nitrogen and oxygen atoms in total. The molecule has 0 radical (unpaired) electrons. The molecule has 0 bridgehead atoms. The third-order valence-corrected chi connectivity index (χ3v) is 3.57.